The van der Waals surface area contributed by atoms with Crippen LogP contribution in [0, 0.1) is 11.3 Å². The second-order valence-electron chi connectivity index (χ2n) is 12.7. The molecule has 3 aliphatic carbocycles. The lowest BCUT2D eigenvalue weighted by Crippen LogP contribution is -2.69. The maximum atomic E-state index is 14.3. The number of piperidine rings is 1. The first-order chi connectivity index (χ1) is 20.4. The zero-order valence-corrected chi connectivity index (χ0v) is 24.7. The fourth-order valence-electron chi connectivity index (χ4n) is 8.72. The molecule has 2 saturated heterocycles. The van der Waals surface area contributed by atoms with Gasteiger partial charge in [0.15, 0.2) is 5.72 Å². The lowest BCUT2D eigenvalue weighted by Gasteiger charge is -2.61. The van der Waals surface area contributed by atoms with Crippen molar-refractivity contribution in [3.8, 4) is 0 Å². The molecule has 1 aromatic rings. The largest absolute Gasteiger partial charge is 0.427 e. The third-order valence-corrected chi connectivity index (χ3v) is 10.5. The average molecular weight is 600 g/mol. The minimum absolute atomic E-state index is 0.194. The minimum Gasteiger partial charge on any atom is -0.427 e. The zero-order chi connectivity index (χ0) is 30.8. The maximum Gasteiger partial charge on any atom is 0.421 e. The van der Waals surface area contributed by atoms with Crippen molar-refractivity contribution in [3.63, 3.8) is 0 Å². The number of alkyl halides is 3. The topological polar surface area (TPSA) is 73.9 Å². The van der Waals surface area contributed by atoms with Gasteiger partial charge in [0.2, 0.25) is 0 Å². The summed E-state index contributed by atoms with van der Waals surface area (Å²) in [6.07, 6.45) is 2.37. The van der Waals surface area contributed by atoms with Crippen LogP contribution in [0.25, 0.3) is 6.08 Å². The number of ether oxygens (including phenoxy) is 3. The molecule has 2 aliphatic heterocycles. The maximum absolute atomic E-state index is 14.3. The van der Waals surface area contributed by atoms with E-state index in [0.29, 0.717) is 6.42 Å². The molecule has 1 spiro atoms. The van der Waals surface area contributed by atoms with E-state index in [1.54, 1.807) is 18.2 Å². The van der Waals surface area contributed by atoms with Gasteiger partial charge < -0.3 is 24.0 Å². The number of methoxy groups -OCH3 is 1. The van der Waals surface area contributed by atoms with Crippen LogP contribution in [0.2, 0.25) is 0 Å². The number of hydrogen-bond donors (Lipinski definition) is 1. The van der Waals surface area contributed by atoms with Crippen molar-refractivity contribution in [2.45, 2.75) is 69.2 Å². The molecule has 3 fully saturated rings. The fraction of sp³-hybridized carbons (Fsp3) is 0.515. The van der Waals surface area contributed by atoms with Crippen LogP contribution in [0.15, 0.2) is 71.5 Å². The van der Waals surface area contributed by atoms with Gasteiger partial charge in [-0.2, -0.15) is 13.2 Å². The molecule has 230 valence electrons. The second-order valence-corrected chi connectivity index (χ2v) is 12.7. The average Bonchev–Trinajstić information content (AvgIpc) is 3.30. The van der Waals surface area contributed by atoms with Gasteiger partial charge in [0.25, 0.3) is 5.91 Å². The number of esters is 1. The molecule has 5 aliphatic rings. The van der Waals surface area contributed by atoms with E-state index in [1.165, 1.54) is 32.2 Å². The molecule has 1 amide bonds. The summed E-state index contributed by atoms with van der Waals surface area (Å²) in [6, 6.07) is 8.09. The lowest BCUT2D eigenvalue weighted by atomic mass is 9.50. The van der Waals surface area contributed by atoms with Gasteiger partial charge >= 0.3 is 12.1 Å². The Hall–Kier alpha value is -3.21. The Labute approximate surface area is 249 Å². The highest BCUT2D eigenvalue weighted by Crippen LogP contribution is 2.68. The predicted molar refractivity (Wildman–Crippen MR) is 153 cm³/mol. The summed E-state index contributed by atoms with van der Waals surface area (Å²) in [6.45, 7) is 6.97. The number of carbonyl (C=O) groups is 2. The first-order valence-corrected chi connectivity index (χ1v) is 14.9. The predicted octanol–water partition coefficient (Wildman–Crippen LogP) is 5.21. The molecule has 2 bridgehead atoms. The van der Waals surface area contributed by atoms with Crippen LogP contribution in [0.4, 0.5) is 13.2 Å². The fourth-order valence-corrected chi connectivity index (χ4v) is 8.72. The number of rotatable bonds is 7. The van der Waals surface area contributed by atoms with Crippen molar-refractivity contribution in [2.75, 3.05) is 27.2 Å². The lowest BCUT2D eigenvalue weighted by molar-refractivity contribution is -0.940. The van der Waals surface area contributed by atoms with Crippen LogP contribution in [-0.4, -0.2) is 73.8 Å². The van der Waals surface area contributed by atoms with Gasteiger partial charge in [0.1, 0.15) is 17.4 Å². The van der Waals surface area contributed by atoms with Crippen molar-refractivity contribution in [1.82, 2.24) is 5.32 Å². The van der Waals surface area contributed by atoms with E-state index >= 15 is 0 Å². The third kappa shape index (κ3) is 4.60. The van der Waals surface area contributed by atoms with E-state index in [1.807, 2.05) is 6.08 Å². The summed E-state index contributed by atoms with van der Waals surface area (Å²) >= 11 is 0. The summed E-state index contributed by atoms with van der Waals surface area (Å²) in [5.41, 5.74) is -1.61. The Bertz CT molecular complexity index is 1440. The third-order valence-electron chi connectivity index (χ3n) is 10.5. The molecule has 1 N–H and O–H groups in total. The molecule has 6 rings (SSSR count). The summed E-state index contributed by atoms with van der Waals surface area (Å²) in [5.74, 6) is -1.45. The highest BCUT2D eigenvalue weighted by molar-refractivity contribution is 5.99. The van der Waals surface area contributed by atoms with Gasteiger partial charge in [-0.25, -0.2) is 0 Å². The molecule has 1 saturated carbocycles. The molecule has 7 nitrogen and oxygen atoms in total. The number of quaternary nitrogens is 1. The molecule has 1 aromatic carbocycles. The van der Waals surface area contributed by atoms with Crippen LogP contribution in [0.5, 0.6) is 0 Å². The molecule has 10 heteroatoms. The Morgan fingerprint density at radius 2 is 1.98 bits per heavy atom. The van der Waals surface area contributed by atoms with Crippen LogP contribution in [0.3, 0.4) is 0 Å². The van der Waals surface area contributed by atoms with E-state index in [-0.39, 0.29) is 34.8 Å². The van der Waals surface area contributed by atoms with Crippen molar-refractivity contribution in [1.29, 1.82) is 0 Å². The number of carbonyl (C=O) groups excluding carboxylic acids is 2. The Balaban J connectivity index is 1.48. The summed E-state index contributed by atoms with van der Waals surface area (Å²) in [7, 11) is 3.57. The first-order valence-electron chi connectivity index (χ1n) is 14.9. The van der Waals surface area contributed by atoms with Crippen LogP contribution < -0.4 is 5.32 Å². The van der Waals surface area contributed by atoms with E-state index in [2.05, 4.69) is 18.9 Å². The molecule has 7 atom stereocenters. The summed E-state index contributed by atoms with van der Waals surface area (Å²) in [4.78, 5) is 26.0. The highest BCUT2D eigenvalue weighted by Gasteiger charge is 2.72. The SMILES string of the molecule is C=CC[N+]1(C)CC[C@@]23C4=C5C[C@@H]1[C@@H]2CCC[C@@H]3OC4C(NC(=O)C(=Cc1ccccc1)C(F)(F)F)(OC)C=C5OC(C)=O. The number of halogens is 3. The zero-order valence-electron chi connectivity index (χ0n) is 24.7. The van der Waals surface area contributed by atoms with E-state index < -0.39 is 35.5 Å². The standard InChI is InChI=1S/C33H37F3N2O5/c1-5-15-38(3)16-14-31-23-12-9-13-27(31)43-29-28(31)22(18-25(23)38)26(42-20(2)39)19-32(29,41-4)37-30(40)24(33(34,35)36)17-21-10-7-6-8-11-21/h5-8,10-11,17,19,23,25,27,29H,1,9,12-16,18H2,2-4H3/p+1/t23-,25+,27-,29?,31+,32?,38?/m0/s1. The van der Waals surface area contributed by atoms with Gasteiger partial charge in [-0.3, -0.25) is 9.59 Å². The second kappa shape index (κ2) is 10.5. The van der Waals surface area contributed by atoms with Gasteiger partial charge in [-0.05, 0) is 36.1 Å². The van der Waals surface area contributed by atoms with Gasteiger partial charge in [-0.15, -0.1) is 0 Å². The number of allylic oxidation sites excluding steroid dienone is 1. The number of benzene rings is 1. The normalized spacial score (nSPS) is 36.4. The molecule has 3 unspecified atom stereocenters. The number of hydrogen-bond acceptors (Lipinski definition) is 5. The number of amides is 1. The van der Waals surface area contributed by atoms with Crippen molar-refractivity contribution >= 4 is 18.0 Å². The van der Waals surface area contributed by atoms with Crippen LogP contribution in [-0.2, 0) is 23.8 Å². The van der Waals surface area contributed by atoms with E-state index in [4.69, 9.17) is 14.2 Å². The molecular weight excluding hydrogens is 561 g/mol. The molecule has 0 radical (unpaired) electrons. The molecular formula is C33H38F3N2O5+. The van der Waals surface area contributed by atoms with Crippen molar-refractivity contribution in [2.24, 2.45) is 11.3 Å². The van der Waals surface area contributed by atoms with Gasteiger partial charge in [0.05, 0.1) is 32.3 Å². The summed E-state index contributed by atoms with van der Waals surface area (Å²) in [5, 5.41) is 2.57. The Morgan fingerprint density at radius 3 is 2.63 bits per heavy atom. The number of likely N-dealkylation sites (tertiary alicyclic amines) is 1. The summed E-state index contributed by atoms with van der Waals surface area (Å²) < 4.78 is 62.3. The van der Waals surface area contributed by atoms with Crippen molar-refractivity contribution in [3.05, 3.63) is 77.1 Å². The number of likely N-dealkylation sites (N-methyl/N-ethyl adjacent to an activating group) is 1. The number of nitrogens with zero attached hydrogens (tertiary/aromatic N) is 1. The molecule has 43 heavy (non-hydrogen) atoms. The monoisotopic (exact) mass is 599 g/mol. The van der Waals surface area contributed by atoms with Crippen LogP contribution >= 0.6 is 0 Å². The Morgan fingerprint density at radius 1 is 1.23 bits per heavy atom. The quantitative estimate of drug-likeness (QED) is 0.153. The van der Waals surface area contributed by atoms with Crippen molar-refractivity contribution < 1.29 is 41.5 Å². The smallest absolute Gasteiger partial charge is 0.421 e. The first kappa shape index (κ1) is 29.8. The number of nitrogens with one attached hydrogen (secondary N) is 1. The van der Waals surface area contributed by atoms with Gasteiger partial charge in [-0.1, -0.05) is 43.3 Å². The molecule has 0 aromatic heterocycles. The van der Waals surface area contributed by atoms with E-state index in [0.717, 1.165) is 60.5 Å². The van der Waals surface area contributed by atoms with E-state index in [9.17, 15) is 22.8 Å². The van der Waals surface area contributed by atoms with Gasteiger partial charge in [0, 0.05) is 49.9 Å². The Kier molecular flexibility index (Phi) is 7.26. The van der Waals surface area contributed by atoms with Crippen LogP contribution in [0.1, 0.15) is 44.6 Å². The minimum atomic E-state index is -4.94. The highest BCUT2D eigenvalue weighted by atomic mass is 19.4. The molecule has 2 heterocycles.